The maximum Gasteiger partial charge on any atom is 0.318 e. The highest BCUT2D eigenvalue weighted by Gasteiger charge is 2.23. The Labute approximate surface area is 211 Å². The number of methoxy groups -OCH3 is 1. The van der Waals surface area contributed by atoms with E-state index in [0.29, 0.717) is 23.3 Å². The zero-order valence-corrected chi connectivity index (χ0v) is 21.5. The van der Waals surface area contributed by atoms with E-state index in [9.17, 15) is 9.59 Å². The molecule has 0 aliphatic heterocycles. The van der Waals surface area contributed by atoms with Crippen molar-refractivity contribution in [3.63, 3.8) is 0 Å². The lowest BCUT2D eigenvalue weighted by atomic mass is 10.1. The van der Waals surface area contributed by atoms with Crippen molar-refractivity contribution in [2.45, 2.75) is 33.2 Å². The zero-order chi connectivity index (χ0) is 25.6. The number of aryl methyl sites for hydroxylation is 1. The summed E-state index contributed by atoms with van der Waals surface area (Å²) in [6, 6.07) is 14.9. The normalized spacial score (nSPS) is 11.3. The lowest BCUT2D eigenvalue weighted by Crippen LogP contribution is -2.51. The van der Waals surface area contributed by atoms with Gasteiger partial charge >= 0.3 is 6.03 Å². The Kier molecular flexibility index (Phi) is 8.53. The fraction of sp³-hybridized carbons (Fsp3) is 0.346. The van der Waals surface area contributed by atoms with Gasteiger partial charge in [-0.1, -0.05) is 41.4 Å². The number of aromatic nitrogens is 2. The van der Waals surface area contributed by atoms with Crippen molar-refractivity contribution in [1.29, 1.82) is 0 Å². The molecule has 0 bridgehead atoms. The molecular formula is C26H32ClN5O3. The summed E-state index contributed by atoms with van der Waals surface area (Å²) in [7, 11) is 1.55. The minimum Gasteiger partial charge on any atom is -0.383 e. The molecule has 1 heterocycles. The summed E-state index contributed by atoms with van der Waals surface area (Å²) in [5.41, 5.74) is 3.08. The predicted molar refractivity (Wildman–Crippen MR) is 139 cm³/mol. The molecule has 3 rings (SSSR count). The highest BCUT2D eigenvalue weighted by Crippen LogP contribution is 2.25. The number of anilines is 1. The average molecular weight is 498 g/mol. The molecule has 0 unspecified atom stereocenters. The molecule has 2 aromatic carbocycles. The first-order valence-electron chi connectivity index (χ1n) is 11.3. The van der Waals surface area contributed by atoms with Gasteiger partial charge in [-0.05, 0) is 52.0 Å². The minimum absolute atomic E-state index is 0.150. The number of nitrogens with one attached hydrogen (secondary N) is 2. The van der Waals surface area contributed by atoms with Crippen LogP contribution in [0.15, 0.2) is 54.7 Å². The van der Waals surface area contributed by atoms with E-state index in [0.717, 1.165) is 16.8 Å². The molecule has 1 aromatic heterocycles. The molecule has 8 nitrogen and oxygen atoms in total. The smallest absolute Gasteiger partial charge is 0.318 e. The summed E-state index contributed by atoms with van der Waals surface area (Å²) in [4.78, 5) is 31.9. The number of imidazole rings is 1. The third-order valence-corrected chi connectivity index (χ3v) is 5.33. The molecule has 186 valence electrons. The Morgan fingerprint density at radius 2 is 1.74 bits per heavy atom. The van der Waals surface area contributed by atoms with E-state index in [-0.39, 0.29) is 25.0 Å². The quantitative estimate of drug-likeness (QED) is 0.463. The lowest BCUT2D eigenvalue weighted by molar-refractivity contribution is -0.117. The fourth-order valence-corrected chi connectivity index (χ4v) is 3.45. The Morgan fingerprint density at radius 1 is 1.09 bits per heavy atom. The zero-order valence-electron chi connectivity index (χ0n) is 20.8. The summed E-state index contributed by atoms with van der Waals surface area (Å²) in [5.74, 6) is -0.0153. The van der Waals surface area contributed by atoms with Crippen molar-refractivity contribution < 1.29 is 14.3 Å². The van der Waals surface area contributed by atoms with Crippen molar-refractivity contribution >= 4 is 29.5 Å². The van der Waals surface area contributed by atoms with Gasteiger partial charge in [-0.2, -0.15) is 0 Å². The van der Waals surface area contributed by atoms with Gasteiger partial charge in [-0.3, -0.25) is 14.7 Å². The number of hydrogen-bond acceptors (Lipinski definition) is 4. The topological polar surface area (TPSA) is 88.5 Å². The van der Waals surface area contributed by atoms with E-state index >= 15 is 0 Å². The average Bonchev–Trinajstić information content (AvgIpc) is 3.20. The molecule has 0 saturated heterocycles. The van der Waals surface area contributed by atoms with Crippen molar-refractivity contribution in [2.24, 2.45) is 0 Å². The van der Waals surface area contributed by atoms with Gasteiger partial charge in [-0.25, -0.2) is 9.78 Å². The first kappa shape index (κ1) is 26.2. The van der Waals surface area contributed by atoms with Gasteiger partial charge in [0.2, 0.25) is 11.9 Å². The van der Waals surface area contributed by atoms with Crippen LogP contribution >= 0.6 is 11.6 Å². The molecule has 35 heavy (non-hydrogen) atoms. The number of hydrogen-bond donors (Lipinski definition) is 2. The Bertz CT molecular complexity index is 1150. The van der Waals surface area contributed by atoms with Crippen molar-refractivity contribution in [3.8, 4) is 16.9 Å². The molecule has 0 saturated carbocycles. The van der Waals surface area contributed by atoms with E-state index in [1.54, 1.807) is 19.2 Å². The Morgan fingerprint density at radius 3 is 2.34 bits per heavy atom. The largest absolute Gasteiger partial charge is 0.383 e. The molecule has 3 aromatic rings. The number of rotatable bonds is 8. The van der Waals surface area contributed by atoms with E-state index in [2.05, 4.69) is 15.6 Å². The number of amides is 3. The standard InChI is InChI=1S/C26H32ClN5O3/c1-18-6-12-21(13-7-18)32-16-22(19-8-10-20(27)11-9-19)28-24(32)29-23(33)17-31(14-15-35-5)25(34)30-26(2,3)4/h6-13,16H,14-15,17H2,1-5H3,(H,30,34)(H,28,29,33). The molecule has 0 atom stereocenters. The van der Waals surface area contributed by atoms with Crippen molar-refractivity contribution in [2.75, 3.05) is 32.1 Å². The van der Waals surface area contributed by atoms with Gasteiger partial charge in [0.1, 0.15) is 6.54 Å². The predicted octanol–water partition coefficient (Wildman–Crippen LogP) is 4.90. The maximum atomic E-state index is 13.0. The van der Waals surface area contributed by atoms with Gasteiger partial charge in [0, 0.05) is 41.7 Å². The molecule has 0 radical (unpaired) electrons. The number of carbonyl (C=O) groups excluding carboxylic acids is 2. The van der Waals surface area contributed by atoms with E-state index in [1.807, 2.05) is 74.9 Å². The van der Waals surface area contributed by atoms with Crippen LogP contribution in [0, 0.1) is 6.92 Å². The van der Waals surface area contributed by atoms with E-state index < -0.39 is 5.54 Å². The van der Waals surface area contributed by atoms with Crippen molar-refractivity contribution in [3.05, 3.63) is 65.3 Å². The number of carbonyl (C=O) groups is 2. The fourth-order valence-electron chi connectivity index (χ4n) is 3.32. The Hall–Kier alpha value is -3.36. The second kappa shape index (κ2) is 11.4. The second-order valence-electron chi connectivity index (χ2n) is 9.30. The van der Waals surface area contributed by atoms with Crippen LogP contribution in [0.25, 0.3) is 16.9 Å². The minimum atomic E-state index is -0.436. The summed E-state index contributed by atoms with van der Waals surface area (Å²) in [6.07, 6.45) is 1.86. The van der Waals surface area contributed by atoms with Crippen LogP contribution in [-0.4, -0.2) is 58.7 Å². The molecule has 0 aliphatic carbocycles. The number of urea groups is 1. The molecule has 0 aliphatic rings. The monoisotopic (exact) mass is 497 g/mol. The van der Waals surface area contributed by atoms with Gasteiger partial charge in [0.05, 0.1) is 12.3 Å². The van der Waals surface area contributed by atoms with Crippen LogP contribution in [0.4, 0.5) is 10.7 Å². The van der Waals surface area contributed by atoms with Crippen molar-refractivity contribution in [1.82, 2.24) is 19.8 Å². The van der Waals surface area contributed by atoms with Gasteiger partial charge < -0.3 is 15.0 Å². The van der Waals surface area contributed by atoms with Crippen LogP contribution in [-0.2, 0) is 9.53 Å². The van der Waals surface area contributed by atoms with E-state index in [4.69, 9.17) is 16.3 Å². The number of benzene rings is 2. The van der Waals surface area contributed by atoms with Crippen LogP contribution in [0.1, 0.15) is 26.3 Å². The second-order valence-corrected chi connectivity index (χ2v) is 9.74. The van der Waals surface area contributed by atoms with E-state index in [1.165, 1.54) is 4.90 Å². The number of halogens is 1. The summed E-state index contributed by atoms with van der Waals surface area (Å²) >= 11 is 6.04. The molecule has 3 amide bonds. The number of nitrogens with zero attached hydrogens (tertiary/aromatic N) is 3. The Balaban J connectivity index is 1.87. The molecule has 0 spiro atoms. The first-order valence-corrected chi connectivity index (χ1v) is 11.7. The highest BCUT2D eigenvalue weighted by molar-refractivity contribution is 6.30. The number of ether oxygens (including phenoxy) is 1. The molecular weight excluding hydrogens is 466 g/mol. The summed E-state index contributed by atoms with van der Waals surface area (Å²) < 4.78 is 6.94. The highest BCUT2D eigenvalue weighted by atomic mass is 35.5. The summed E-state index contributed by atoms with van der Waals surface area (Å²) in [5, 5.41) is 6.39. The SMILES string of the molecule is COCCN(CC(=O)Nc1nc(-c2ccc(Cl)cc2)cn1-c1ccc(C)cc1)C(=O)NC(C)(C)C. The lowest BCUT2D eigenvalue weighted by Gasteiger charge is -2.28. The van der Waals surface area contributed by atoms with Crippen LogP contribution in [0.3, 0.4) is 0 Å². The molecule has 2 N–H and O–H groups in total. The summed E-state index contributed by atoms with van der Waals surface area (Å²) in [6.45, 7) is 8.10. The third kappa shape index (κ3) is 7.56. The van der Waals surface area contributed by atoms with Gasteiger partial charge in [-0.15, -0.1) is 0 Å². The maximum absolute atomic E-state index is 13.0. The van der Waals surface area contributed by atoms with Gasteiger partial charge in [0.15, 0.2) is 0 Å². The first-order chi connectivity index (χ1) is 16.6. The third-order valence-electron chi connectivity index (χ3n) is 5.08. The van der Waals surface area contributed by atoms with Crippen LogP contribution < -0.4 is 10.6 Å². The van der Waals surface area contributed by atoms with Gasteiger partial charge in [0.25, 0.3) is 0 Å². The molecule has 9 heteroatoms. The molecule has 0 fully saturated rings. The van der Waals surface area contributed by atoms with Crippen LogP contribution in [0.5, 0.6) is 0 Å². The van der Waals surface area contributed by atoms with Crippen LogP contribution in [0.2, 0.25) is 5.02 Å².